The highest BCUT2D eigenvalue weighted by Gasteiger charge is 2.34. The first-order valence-corrected chi connectivity index (χ1v) is 11.0. The van der Waals surface area contributed by atoms with Gasteiger partial charge in [-0.2, -0.15) is 14.1 Å². The van der Waals surface area contributed by atoms with Crippen LogP contribution in [-0.2, 0) is 23.0 Å². The summed E-state index contributed by atoms with van der Waals surface area (Å²) in [4.78, 5) is 13.0. The molecule has 4 rings (SSSR count). The van der Waals surface area contributed by atoms with Gasteiger partial charge in [0.15, 0.2) is 0 Å². The van der Waals surface area contributed by atoms with E-state index in [0.717, 1.165) is 15.8 Å². The Morgan fingerprint density at radius 3 is 2.41 bits per heavy atom. The maximum absolute atomic E-state index is 13.4. The maximum atomic E-state index is 13.4. The lowest BCUT2D eigenvalue weighted by molar-refractivity contribution is 0.0942. The topological polar surface area (TPSA) is 72.3 Å². The Morgan fingerprint density at radius 2 is 1.69 bits per heavy atom. The second-order valence-corrected chi connectivity index (χ2v) is 9.34. The first-order valence-electron chi connectivity index (χ1n) is 9.23. The summed E-state index contributed by atoms with van der Waals surface area (Å²) in [6.45, 7) is 3.90. The van der Waals surface area contributed by atoms with E-state index in [1.165, 1.54) is 4.31 Å². The highest BCUT2D eigenvalue weighted by molar-refractivity contribution is 7.89. The minimum atomic E-state index is -3.81. The van der Waals surface area contributed by atoms with E-state index in [4.69, 9.17) is 11.6 Å². The van der Waals surface area contributed by atoms with Gasteiger partial charge in [0, 0.05) is 13.1 Å². The molecule has 6 nitrogen and oxygen atoms in total. The van der Waals surface area contributed by atoms with E-state index in [-0.39, 0.29) is 16.2 Å². The lowest BCUT2D eigenvalue weighted by Gasteiger charge is -2.28. The van der Waals surface area contributed by atoms with Crippen LogP contribution in [0, 0.1) is 13.8 Å². The molecule has 0 spiro atoms. The zero-order valence-electron chi connectivity index (χ0n) is 16.1. The zero-order chi connectivity index (χ0) is 20.8. The van der Waals surface area contributed by atoms with Crippen molar-refractivity contribution in [3.63, 3.8) is 0 Å². The predicted molar refractivity (Wildman–Crippen MR) is 111 cm³/mol. The van der Waals surface area contributed by atoms with Gasteiger partial charge in [-0.05, 0) is 43.5 Å². The van der Waals surface area contributed by atoms with Crippen molar-refractivity contribution in [1.82, 2.24) is 14.1 Å². The Kier molecular flexibility index (Phi) is 5.06. The molecule has 8 heteroatoms. The van der Waals surface area contributed by atoms with Crippen LogP contribution in [0.1, 0.15) is 32.9 Å². The molecule has 0 atom stereocenters. The Labute approximate surface area is 174 Å². The standard InChI is InChI=1S/C21H20ClN3O3S/c1-14-20(15(2)25(23-14)21(26)18-9-5-6-10-19(18)22)29(27,28)24-12-11-16-7-3-4-8-17(16)13-24/h3-10H,11-13H2,1-2H3. The quantitative estimate of drug-likeness (QED) is 0.637. The van der Waals surface area contributed by atoms with E-state index in [1.807, 2.05) is 24.3 Å². The summed E-state index contributed by atoms with van der Waals surface area (Å²) in [6, 6.07) is 14.5. The third-order valence-electron chi connectivity index (χ3n) is 5.22. The van der Waals surface area contributed by atoms with Gasteiger partial charge in [-0.15, -0.1) is 0 Å². The molecular formula is C21H20ClN3O3S. The van der Waals surface area contributed by atoms with E-state index in [0.29, 0.717) is 30.2 Å². The van der Waals surface area contributed by atoms with Crippen molar-refractivity contribution in [2.75, 3.05) is 6.54 Å². The molecule has 1 aromatic heterocycles. The summed E-state index contributed by atoms with van der Waals surface area (Å²) in [6.07, 6.45) is 0.653. The fraction of sp³-hybridized carbons (Fsp3) is 0.238. The molecule has 0 N–H and O–H groups in total. The molecule has 0 radical (unpaired) electrons. The van der Waals surface area contributed by atoms with Crippen molar-refractivity contribution < 1.29 is 13.2 Å². The molecule has 1 aliphatic heterocycles. The summed E-state index contributed by atoms with van der Waals surface area (Å²) in [5.74, 6) is -0.457. The van der Waals surface area contributed by atoms with Crippen LogP contribution in [0.2, 0.25) is 5.02 Å². The molecule has 150 valence electrons. The first-order chi connectivity index (χ1) is 13.8. The molecule has 0 saturated heterocycles. The number of fused-ring (bicyclic) bond motifs is 1. The number of sulfonamides is 1. The molecule has 0 fully saturated rings. The number of halogens is 1. The van der Waals surface area contributed by atoms with Crippen LogP contribution in [0.3, 0.4) is 0 Å². The van der Waals surface area contributed by atoms with Crippen molar-refractivity contribution in [2.24, 2.45) is 0 Å². The number of carbonyl (C=O) groups excluding carboxylic acids is 1. The average molecular weight is 430 g/mol. The van der Waals surface area contributed by atoms with Crippen LogP contribution in [-0.4, -0.2) is 35.0 Å². The average Bonchev–Trinajstić information content (AvgIpc) is 3.02. The van der Waals surface area contributed by atoms with Crippen LogP contribution in [0.4, 0.5) is 0 Å². The van der Waals surface area contributed by atoms with E-state index < -0.39 is 15.9 Å². The van der Waals surface area contributed by atoms with Crippen molar-refractivity contribution in [2.45, 2.75) is 31.7 Å². The normalized spacial score (nSPS) is 14.6. The van der Waals surface area contributed by atoms with E-state index in [9.17, 15) is 13.2 Å². The fourth-order valence-electron chi connectivity index (χ4n) is 3.75. The molecule has 2 heterocycles. The molecule has 0 saturated carbocycles. The van der Waals surface area contributed by atoms with E-state index in [2.05, 4.69) is 5.10 Å². The number of rotatable bonds is 3. The number of carbonyl (C=O) groups is 1. The minimum Gasteiger partial charge on any atom is -0.267 e. The second kappa shape index (κ2) is 7.40. The van der Waals surface area contributed by atoms with Gasteiger partial charge in [-0.25, -0.2) is 8.42 Å². The van der Waals surface area contributed by atoms with E-state index in [1.54, 1.807) is 38.1 Å². The van der Waals surface area contributed by atoms with Crippen molar-refractivity contribution >= 4 is 27.5 Å². The maximum Gasteiger partial charge on any atom is 0.279 e. The minimum absolute atomic E-state index is 0.0808. The van der Waals surface area contributed by atoms with Gasteiger partial charge in [-0.3, -0.25) is 4.79 Å². The molecule has 0 aliphatic carbocycles. The number of hydrogen-bond acceptors (Lipinski definition) is 4. The fourth-order valence-corrected chi connectivity index (χ4v) is 5.74. The number of aryl methyl sites for hydroxylation is 1. The molecule has 2 aromatic carbocycles. The van der Waals surface area contributed by atoms with Gasteiger partial charge in [-0.1, -0.05) is 48.0 Å². The number of aromatic nitrogens is 2. The molecule has 0 unspecified atom stereocenters. The monoisotopic (exact) mass is 429 g/mol. The van der Waals surface area contributed by atoms with Gasteiger partial charge in [0.05, 0.1) is 22.0 Å². The molecule has 1 aliphatic rings. The third-order valence-corrected chi connectivity index (χ3v) is 7.64. The molecule has 29 heavy (non-hydrogen) atoms. The molecule has 3 aromatic rings. The zero-order valence-corrected chi connectivity index (χ0v) is 17.7. The van der Waals surface area contributed by atoms with Crippen molar-refractivity contribution in [3.8, 4) is 0 Å². The number of hydrogen-bond donors (Lipinski definition) is 0. The van der Waals surface area contributed by atoms with E-state index >= 15 is 0 Å². The Balaban J connectivity index is 1.73. The van der Waals surface area contributed by atoms with Crippen LogP contribution in [0.15, 0.2) is 53.4 Å². The van der Waals surface area contributed by atoms with Gasteiger partial charge >= 0.3 is 0 Å². The third kappa shape index (κ3) is 3.39. The van der Waals surface area contributed by atoms with Crippen LogP contribution in [0.5, 0.6) is 0 Å². The Hall–Kier alpha value is -2.48. The molecule has 0 amide bonds. The predicted octanol–water partition coefficient (Wildman–Crippen LogP) is 3.59. The summed E-state index contributed by atoms with van der Waals surface area (Å²) in [7, 11) is -3.81. The summed E-state index contributed by atoms with van der Waals surface area (Å²) in [5.41, 5.74) is 3.01. The van der Waals surface area contributed by atoms with Crippen LogP contribution < -0.4 is 0 Å². The molecule has 0 bridgehead atoms. The SMILES string of the molecule is Cc1nn(C(=O)c2ccccc2Cl)c(C)c1S(=O)(=O)N1CCc2ccccc2C1. The van der Waals surface area contributed by atoms with Crippen molar-refractivity contribution in [3.05, 3.63) is 81.6 Å². The van der Waals surface area contributed by atoms with Gasteiger partial charge < -0.3 is 0 Å². The van der Waals surface area contributed by atoms with Crippen molar-refractivity contribution in [1.29, 1.82) is 0 Å². The van der Waals surface area contributed by atoms with Gasteiger partial charge in [0.2, 0.25) is 10.0 Å². The Bertz CT molecular complexity index is 1220. The molecular weight excluding hydrogens is 410 g/mol. The van der Waals surface area contributed by atoms with Gasteiger partial charge in [0.25, 0.3) is 5.91 Å². The summed E-state index contributed by atoms with van der Waals surface area (Å²) >= 11 is 6.14. The smallest absolute Gasteiger partial charge is 0.267 e. The number of nitrogens with zero attached hydrogens (tertiary/aromatic N) is 3. The van der Waals surface area contributed by atoms with Crippen LogP contribution >= 0.6 is 11.6 Å². The largest absolute Gasteiger partial charge is 0.279 e. The first kappa shape index (κ1) is 19.8. The van der Waals surface area contributed by atoms with Gasteiger partial charge in [0.1, 0.15) is 4.90 Å². The summed E-state index contributed by atoms with van der Waals surface area (Å²) in [5, 5.41) is 4.53. The Morgan fingerprint density at radius 1 is 1.03 bits per heavy atom. The number of benzene rings is 2. The highest BCUT2D eigenvalue weighted by atomic mass is 35.5. The highest BCUT2D eigenvalue weighted by Crippen LogP contribution is 2.29. The lowest BCUT2D eigenvalue weighted by atomic mass is 10.0. The second-order valence-electron chi connectivity index (χ2n) is 7.05. The lowest BCUT2D eigenvalue weighted by Crippen LogP contribution is -2.36. The summed E-state index contributed by atoms with van der Waals surface area (Å²) < 4.78 is 29.4. The van der Waals surface area contributed by atoms with Crippen LogP contribution in [0.25, 0.3) is 0 Å².